The number of hydrogen-bond donors (Lipinski definition) is 0. The predicted molar refractivity (Wildman–Crippen MR) is 92.5 cm³/mol. The summed E-state index contributed by atoms with van der Waals surface area (Å²) in [5.41, 5.74) is -0.317. The van der Waals surface area contributed by atoms with E-state index in [1.165, 1.54) is 12.8 Å². The molecule has 140 valence electrons. The molecule has 0 radical (unpaired) electrons. The van der Waals surface area contributed by atoms with Crippen molar-refractivity contribution in [1.82, 2.24) is 0 Å². The fraction of sp³-hybridized carbons (Fsp3) is 1.00. The summed E-state index contributed by atoms with van der Waals surface area (Å²) in [4.78, 5) is 24.8. The topological polar surface area (TPSA) is 36.9 Å². The summed E-state index contributed by atoms with van der Waals surface area (Å²) in [5, 5.41) is 0. The van der Waals surface area contributed by atoms with E-state index in [4.69, 9.17) is 19.6 Å². The second-order valence-corrected chi connectivity index (χ2v) is 10.0. The summed E-state index contributed by atoms with van der Waals surface area (Å²) in [7, 11) is 0. The molecule has 4 unspecified atom stereocenters. The Morgan fingerprint density at radius 1 is 0.583 bits per heavy atom. The van der Waals surface area contributed by atoms with Crippen LogP contribution in [-0.4, -0.2) is 11.6 Å². The van der Waals surface area contributed by atoms with Gasteiger partial charge in [0.05, 0.1) is 0 Å². The first kappa shape index (κ1) is 18.6. The monoisotopic (exact) mass is 340 g/mol. The van der Waals surface area contributed by atoms with Crippen molar-refractivity contribution < 1.29 is 19.6 Å². The van der Waals surface area contributed by atoms with Crippen molar-refractivity contribution >= 4 is 0 Å². The van der Waals surface area contributed by atoms with Gasteiger partial charge in [0.2, 0.25) is 11.6 Å². The largest absolute Gasteiger partial charge is 0.241 e. The van der Waals surface area contributed by atoms with Crippen molar-refractivity contribution in [3.8, 4) is 0 Å². The van der Waals surface area contributed by atoms with Gasteiger partial charge in [0, 0.05) is 22.7 Å². The van der Waals surface area contributed by atoms with E-state index < -0.39 is 11.6 Å². The molecule has 0 aromatic heterocycles. The summed E-state index contributed by atoms with van der Waals surface area (Å²) >= 11 is 0. The first-order valence-corrected chi connectivity index (χ1v) is 9.73. The first-order valence-electron chi connectivity index (χ1n) is 9.73. The molecule has 2 spiro atoms. The van der Waals surface area contributed by atoms with Crippen LogP contribution in [0.2, 0.25) is 0 Å². The normalized spacial score (nSPS) is 51.0. The van der Waals surface area contributed by atoms with Crippen LogP contribution in [0.5, 0.6) is 0 Å². The van der Waals surface area contributed by atoms with Crippen LogP contribution in [0, 0.1) is 34.5 Å². The minimum Gasteiger partial charge on any atom is -0.194 e. The molecule has 3 aliphatic rings. The van der Waals surface area contributed by atoms with E-state index in [2.05, 4.69) is 55.4 Å². The van der Waals surface area contributed by atoms with Gasteiger partial charge in [-0.3, -0.25) is 0 Å². The van der Waals surface area contributed by atoms with E-state index in [1.54, 1.807) is 0 Å². The maximum atomic E-state index is 6.20. The fourth-order valence-electron chi connectivity index (χ4n) is 5.04. The Labute approximate surface area is 147 Å². The van der Waals surface area contributed by atoms with Crippen LogP contribution in [0.25, 0.3) is 0 Å². The Balaban J connectivity index is 1.91. The minimum absolute atomic E-state index is 0.159. The zero-order valence-corrected chi connectivity index (χ0v) is 16.8. The van der Waals surface area contributed by atoms with E-state index in [0.717, 1.165) is 12.8 Å². The summed E-state index contributed by atoms with van der Waals surface area (Å²) in [6, 6.07) is 0. The van der Waals surface area contributed by atoms with Gasteiger partial charge >= 0.3 is 0 Å². The highest BCUT2D eigenvalue weighted by atomic mass is 17.4. The smallest absolute Gasteiger partial charge is 0.194 e. The average molecular weight is 341 g/mol. The predicted octanol–water partition coefficient (Wildman–Crippen LogP) is 5.47. The Bertz CT molecular complexity index is 432. The lowest BCUT2D eigenvalue weighted by Crippen LogP contribution is -2.68. The molecule has 2 saturated carbocycles. The van der Waals surface area contributed by atoms with Gasteiger partial charge in [-0.2, -0.15) is 19.6 Å². The molecule has 3 fully saturated rings. The van der Waals surface area contributed by atoms with Gasteiger partial charge in [-0.05, 0) is 37.5 Å². The SMILES string of the molecule is CC1CCC(C)(C)C2(OOC3(OO2)C(C)C(C)CCC3(C)C)C1C. The highest BCUT2D eigenvalue weighted by molar-refractivity contribution is 5.01. The van der Waals surface area contributed by atoms with Crippen molar-refractivity contribution in [3.63, 3.8) is 0 Å². The quantitative estimate of drug-likeness (QED) is 0.548. The third-order valence-electron chi connectivity index (χ3n) is 7.82. The Morgan fingerprint density at radius 2 is 0.875 bits per heavy atom. The molecule has 2 aliphatic carbocycles. The molecular formula is C20H36O4. The van der Waals surface area contributed by atoms with Gasteiger partial charge in [-0.25, -0.2) is 0 Å². The molecule has 0 amide bonds. The van der Waals surface area contributed by atoms with E-state index in [1.807, 2.05) is 0 Å². The van der Waals surface area contributed by atoms with Gasteiger partial charge < -0.3 is 0 Å². The van der Waals surface area contributed by atoms with E-state index >= 15 is 0 Å². The second kappa shape index (κ2) is 5.67. The Kier molecular flexibility index (Phi) is 4.40. The summed E-state index contributed by atoms with van der Waals surface area (Å²) < 4.78 is 0. The van der Waals surface area contributed by atoms with Gasteiger partial charge in [0.1, 0.15) is 0 Å². The van der Waals surface area contributed by atoms with Crippen molar-refractivity contribution in [2.45, 2.75) is 92.6 Å². The molecule has 0 aromatic carbocycles. The average Bonchev–Trinajstić information content (AvgIpc) is 2.53. The molecule has 4 heteroatoms. The Morgan fingerprint density at radius 3 is 1.17 bits per heavy atom. The Hall–Kier alpha value is -0.160. The van der Waals surface area contributed by atoms with Crippen LogP contribution in [0.4, 0.5) is 0 Å². The highest BCUT2D eigenvalue weighted by Gasteiger charge is 2.67. The fourth-order valence-corrected chi connectivity index (χ4v) is 5.04. The van der Waals surface area contributed by atoms with Crippen LogP contribution in [0.15, 0.2) is 0 Å². The molecule has 3 rings (SSSR count). The van der Waals surface area contributed by atoms with Crippen LogP contribution in [-0.2, 0) is 19.6 Å². The van der Waals surface area contributed by atoms with Crippen molar-refractivity contribution in [3.05, 3.63) is 0 Å². The number of hydrogen-bond acceptors (Lipinski definition) is 4. The van der Waals surface area contributed by atoms with Crippen molar-refractivity contribution in [2.24, 2.45) is 34.5 Å². The molecule has 1 aliphatic heterocycles. The zero-order chi connectivity index (χ0) is 18.0. The lowest BCUT2D eigenvalue weighted by atomic mass is 9.62. The van der Waals surface area contributed by atoms with Gasteiger partial charge in [-0.15, -0.1) is 0 Å². The maximum Gasteiger partial charge on any atom is 0.241 e. The molecule has 1 heterocycles. The van der Waals surface area contributed by atoms with Crippen molar-refractivity contribution in [2.75, 3.05) is 0 Å². The highest BCUT2D eigenvalue weighted by Crippen LogP contribution is 2.60. The molecule has 4 atom stereocenters. The lowest BCUT2D eigenvalue weighted by molar-refractivity contribution is -0.701. The summed E-state index contributed by atoms with van der Waals surface area (Å²) in [6.07, 6.45) is 4.42. The molecule has 0 aromatic rings. The van der Waals surface area contributed by atoms with Crippen molar-refractivity contribution in [1.29, 1.82) is 0 Å². The molecular weight excluding hydrogens is 304 g/mol. The maximum absolute atomic E-state index is 6.20. The molecule has 0 N–H and O–H groups in total. The van der Waals surface area contributed by atoms with Crippen LogP contribution in [0.3, 0.4) is 0 Å². The van der Waals surface area contributed by atoms with Crippen LogP contribution >= 0.6 is 0 Å². The van der Waals surface area contributed by atoms with E-state index in [9.17, 15) is 0 Å². The van der Waals surface area contributed by atoms with Gasteiger partial charge in [0.25, 0.3) is 0 Å². The molecule has 1 saturated heterocycles. The van der Waals surface area contributed by atoms with Gasteiger partial charge in [0.15, 0.2) is 0 Å². The van der Waals surface area contributed by atoms with Crippen LogP contribution in [0.1, 0.15) is 81.1 Å². The number of rotatable bonds is 0. The third-order valence-corrected chi connectivity index (χ3v) is 7.82. The molecule has 4 nitrogen and oxygen atoms in total. The lowest BCUT2D eigenvalue weighted by Gasteiger charge is -2.61. The first-order chi connectivity index (χ1) is 11.0. The van der Waals surface area contributed by atoms with Crippen LogP contribution < -0.4 is 0 Å². The summed E-state index contributed by atoms with van der Waals surface area (Å²) in [6.45, 7) is 17.7. The minimum atomic E-state index is -0.841. The molecule has 24 heavy (non-hydrogen) atoms. The molecule has 0 bridgehead atoms. The standard InChI is InChI=1S/C20H36O4/c1-13-9-11-17(5,6)19(15(13)3)21-23-20(24-22-19)16(4)14(2)10-12-18(20,7)8/h13-16H,9-12H2,1-8H3. The van der Waals surface area contributed by atoms with E-state index in [0.29, 0.717) is 11.8 Å². The zero-order valence-electron chi connectivity index (χ0n) is 16.8. The van der Waals surface area contributed by atoms with Gasteiger partial charge in [-0.1, -0.05) is 55.4 Å². The third kappa shape index (κ3) is 2.33. The van der Waals surface area contributed by atoms with E-state index in [-0.39, 0.29) is 22.7 Å². The second-order valence-electron chi connectivity index (χ2n) is 10.0. The summed E-state index contributed by atoms with van der Waals surface area (Å²) in [5.74, 6) is -0.250.